The van der Waals surface area contributed by atoms with Crippen LogP contribution >= 0.6 is 34.9 Å². The molecule has 0 fully saturated rings. The van der Waals surface area contributed by atoms with Crippen LogP contribution in [0, 0.1) is 0 Å². The normalized spacial score (nSPS) is 22.5. The predicted molar refractivity (Wildman–Crippen MR) is 111 cm³/mol. The molecule has 26 heavy (non-hydrogen) atoms. The van der Waals surface area contributed by atoms with Crippen LogP contribution in [0.15, 0.2) is 44.8 Å². The van der Waals surface area contributed by atoms with Crippen molar-refractivity contribution < 1.29 is 14.3 Å². The number of carbonyl (C=O) groups excluding carboxylic acids is 1. The largest absolute Gasteiger partial charge is 0.493 e. The maximum atomic E-state index is 12.7. The summed E-state index contributed by atoms with van der Waals surface area (Å²) in [6, 6.07) is 8.14. The third kappa shape index (κ3) is 3.42. The molecule has 2 aromatic rings. The van der Waals surface area contributed by atoms with E-state index >= 15 is 0 Å². The van der Waals surface area contributed by atoms with Gasteiger partial charge in [0.05, 0.1) is 14.2 Å². The molecule has 0 aliphatic carbocycles. The maximum Gasteiger partial charge on any atom is 0.163 e. The average molecular weight is 405 g/mol. The molecular formula is C20H20O3S3. The van der Waals surface area contributed by atoms with E-state index in [9.17, 15) is 4.79 Å². The van der Waals surface area contributed by atoms with E-state index in [2.05, 4.69) is 22.9 Å². The highest BCUT2D eigenvalue weighted by atomic mass is 32.2. The summed E-state index contributed by atoms with van der Waals surface area (Å²) < 4.78 is 12.2. The lowest BCUT2D eigenvalue weighted by molar-refractivity contribution is -0.115. The van der Waals surface area contributed by atoms with Gasteiger partial charge < -0.3 is 9.47 Å². The Bertz CT molecular complexity index is 842. The third-order valence-electron chi connectivity index (χ3n) is 4.76. The van der Waals surface area contributed by atoms with Crippen molar-refractivity contribution in [2.24, 2.45) is 0 Å². The minimum atomic E-state index is 0.269. The summed E-state index contributed by atoms with van der Waals surface area (Å²) in [5, 5.41) is 4.89. The van der Waals surface area contributed by atoms with E-state index in [0.717, 1.165) is 35.5 Å². The molecule has 1 aromatic carbocycles. The lowest BCUT2D eigenvalue weighted by atomic mass is 9.98. The van der Waals surface area contributed by atoms with Crippen molar-refractivity contribution in [2.75, 3.05) is 14.2 Å². The van der Waals surface area contributed by atoms with Crippen molar-refractivity contribution in [2.45, 2.75) is 29.8 Å². The predicted octanol–water partition coefficient (Wildman–Crippen LogP) is 5.47. The first kappa shape index (κ1) is 18.0. The van der Waals surface area contributed by atoms with Crippen LogP contribution in [-0.2, 0) is 11.2 Å². The highest BCUT2D eigenvalue weighted by molar-refractivity contribution is 8.23. The van der Waals surface area contributed by atoms with Gasteiger partial charge in [0, 0.05) is 26.7 Å². The zero-order valence-corrected chi connectivity index (χ0v) is 17.1. The second kappa shape index (κ2) is 7.71. The molecule has 0 saturated carbocycles. The van der Waals surface area contributed by atoms with Crippen LogP contribution in [0.5, 0.6) is 11.5 Å². The van der Waals surface area contributed by atoms with E-state index in [4.69, 9.17) is 9.47 Å². The van der Waals surface area contributed by atoms with Crippen LogP contribution in [0.1, 0.15) is 29.2 Å². The molecule has 0 spiro atoms. The van der Waals surface area contributed by atoms with Gasteiger partial charge in [-0.2, -0.15) is 11.3 Å². The van der Waals surface area contributed by atoms with Gasteiger partial charge in [0.25, 0.3) is 0 Å². The molecule has 3 heterocycles. The summed E-state index contributed by atoms with van der Waals surface area (Å²) >= 11 is 5.42. The number of para-hydroxylation sites is 1. The Morgan fingerprint density at radius 3 is 2.73 bits per heavy atom. The summed E-state index contributed by atoms with van der Waals surface area (Å²) in [5.74, 6) is 1.88. The fourth-order valence-corrected chi connectivity index (χ4v) is 7.53. The third-order valence-corrected chi connectivity index (χ3v) is 8.35. The molecule has 136 valence electrons. The van der Waals surface area contributed by atoms with Crippen molar-refractivity contribution in [1.82, 2.24) is 0 Å². The van der Waals surface area contributed by atoms with E-state index in [1.807, 2.05) is 35.7 Å². The molecule has 4 rings (SSSR count). The van der Waals surface area contributed by atoms with Crippen molar-refractivity contribution in [3.8, 4) is 11.5 Å². The number of ketones is 1. The molecular weight excluding hydrogens is 384 g/mol. The lowest BCUT2D eigenvalue weighted by Crippen LogP contribution is -2.12. The fraction of sp³-hybridized carbons (Fsp3) is 0.350. The number of hydrogen-bond donors (Lipinski definition) is 0. The first-order valence-electron chi connectivity index (χ1n) is 8.51. The molecule has 2 atom stereocenters. The molecule has 0 N–H and O–H groups in total. The number of carbonyl (C=O) groups is 1. The smallest absolute Gasteiger partial charge is 0.163 e. The number of hydrogen-bond acceptors (Lipinski definition) is 6. The topological polar surface area (TPSA) is 35.5 Å². The van der Waals surface area contributed by atoms with Crippen molar-refractivity contribution in [1.29, 1.82) is 0 Å². The van der Waals surface area contributed by atoms with Crippen molar-refractivity contribution in [3.63, 3.8) is 0 Å². The second-order valence-corrected chi connectivity index (χ2v) is 9.92. The lowest BCUT2D eigenvalue weighted by Gasteiger charge is -2.21. The Balaban J connectivity index is 1.49. The molecule has 0 bridgehead atoms. The summed E-state index contributed by atoms with van der Waals surface area (Å²) in [5.41, 5.74) is 3.45. The quantitative estimate of drug-likeness (QED) is 0.660. The maximum absolute atomic E-state index is 12.7. The zero-order chi connectivity index (χ0) is 18.1. The van der Waals surface area contributed by atoms with Gasteiger partial charge in [-0.1, -0.05) is 12.1 Å². The van der Waals surface area contributed by atoms with Crippen LogP contribution in [0.3, 0.4) is 0 Å². The Kier molecular flexibility index (Phi) is 5.34. The van der Waals surface area contributed by atoms with Gasteiger partial charge in [-0.3, -0.25) is 4.79 Å². The number of rotatable bonds is 5. The molecule has 2 aliphatic rings. The van der Waals surface area contributed by atoms with Gasteiger partial charge >= 0.3 is 0 Å². The van der Waals surface area contributed by atoms with E-state index in [1.54, 1.807) is 25.6 Å². The number of allylic oxidation sites excluding steroid dienone is 1. The molecule has 2 unspecified atom stereocenters. The van der Waals surface area contributed by atoms with Crippen LogP contribution < -0.4 is 9.47 Å². The summed E-state index contributed by atoms with van der Waals surface area (Å²) in [6.45, 7) is 0. The fourth-order valence-electron chi connectivity index (χ4n) is 3.48. The van der Waals surface area contributed by atoms with Crippen LogP contribution in [0.2, 0.25) is 0 Å². The molecule has 6 heteroatoms. The van der Waals surface area contributed by atoms with Crippen LogP contribution in [-0.4, -0.2) is 25.3 Å². The van der Waals surface area contributed by atoms with Gasteiger partial charge in [0.1, 0.15) is 0 Å². The Morgan fingerprint density at radius 1 is 1.12 bits per heavy atom. The SMILES string of the molecule is COc1cccc(CC2CC3=C(S2)SC(c2ccsc2)CC3=O)c1OC. The van der Waals surface area contributed by atoms with Crippen LogP contribution in [0.4, 0.5) is 0 Å². The highest BCUT2D eigenvalue weighted by Gasteiger charge is 2.36. The molecule has 0 saturated heterocycles. The molecule has 1 aromatic heterocycles. The highest BCUT2D eigenvalue weighted by Crippen LogP contribution is 2.55. The van der Waals surface area contributed by atoms with E-state index < -0.39 is 0 Å². The van der Waals surface area contributed by atoms with E-state index in [1.165, 1.54) is 9.80 Å². The standard InChI is InChI=1S/C20H20O3S3/c1-22-17-5-3-4-12(19(17)23-2)8-14-9-15-16(21)10-18(26-20(15)25-14)13-6-7-24-11-13/h3-7,11,14,18H,8-10H2,1-2H3. The summed E-state index contributed by atoms with van der Waals surface area (Å²) in [7, 11) is 3.34. The van der Waals surface area contributed by atoms with Crippen molar-refractivity contribution >= 4 is 40.6 Å². The molecule has 3 nitrogen and oxygen atoms in total. The summed E-state index contributed by atoms with van der Waals surface area (Å²) in [6.07, 6.45) is 2.34. The summed E-state index contributed by atoms with van der Waals surface area (Å²) in [4.78, 5) is 12.7. The van der Waals surface area contributed by atoms with E-state index in [0.29, 0.717) is 17.5 Å². The van der Waals surface area contributed by atoms with Gasteiger partial charge in [-0.25, -0.2) is 0 Å². The van der Waals surface area contributed by atoms with E-state index in [-0.39, 0.29) is 5.25 Å². The first-order chi connectivity index (χ1) is 12.7. The van der Waals surface area contributed by atoms with Crippen LogP contribution in [0.25, 0.3) is 0 Å². The monoisotopic (exact) mass is 404 g/mol. The second-order valence-electron chi connectivity index (χ2n) is 6.36. The first-order valence-corrected chi connectivity index (χ1v) is 11.2. The van der Waals surface area contributed by atoms with Gasteiger partial charge in [0.15, 0.2) is 17.3 Å². The number of thioether (sulfide) groups is 2. The zero-order valence-electron chi connectivity index (χ0n) is 14.7. The molecule has 0 radical (unpaired) electrons. The van der Waals surface area contributed by atoms with Crippen molar-refractivity contribution in [3.05, 3.63) is 56.0 Å². The Morgan fingerprint density at radius 2 is 2.00 bits per heavy atom. The number of benzene rings is 1. The van der Waals surface area contributed by atoms with Gasteiger partial charge in [-0.15, -0.1) is 23.5 Å². The molecule has 0 amide bonds. The minimum Gasteiger partial charge on any atom is -0.493 e. The Hall–Kier alpha value is -1.37. The average Bonchev–Trinajstić information content (AvgIpc) is 3.31. The number of ether oxygens (including phenoxy) is 2. The Labute approximate surface area is 166 Å². The minimum absolute atomic E-state index is 0.269. The number of methoxy groups -OCH3 is 2. The number of Topliss-reactive ketones (excluding diaryl/α,β-unsaturated/α-hetero) is 1. The number of thiophene rings is 1. The van der Waals surface area contributed by atoms with Gasteiger partial charge in [-0.05, 0) is 46.9 Å². The van der Waals surface area contributed by atoms with Gasteiger partial charge in [0.2, 0.25) is 0 Å². The molecule has 2 aliphatic heterocycles.